The number of rotatable bonds is 7. The fourth-order valence-corrected chi connectivity index (χ4v) is 2.59. The van der Waals surface area contributed by atoms with E-state index in [1.54, 1.807) is 0 Å². The Hall–Kier alpha value is -1.59. The Kier molecular flexibility index (Phi) is 4.98. The second-order valence-electron chi connectivity index (χ2n) is 5.40. The second-order valence-corrected chi connectivity index (χ2v) is 5.40. The van der Waals surface area contributed by atoms with Gasteiger partial charge in [0.15, 0.2) is 6.61 Å². The molecule has 1 aliphatic carbocycles. The molecule has 5 heteroatoms. The fourth-order valence-electron chi connectivity index (χ4n) is 2.59. The van der Waals surface area contributed by atoms with E-state index >= 15 is 0 Å². The molecule has 0 bridgehead atoms. The number of carbonyl (C=O) groups is 1. The first kappa shape index (κ1) is 14.8. The summed E-state index contributed by atoms with van der Waals surface area (Å²) in [5, 5.41) is 13.0. The molecule has 1 aromatic rings. The quantitative estimate of drug-likeness (QED) is 0.693. The maximum Gasteiger partial charge on any atom is 0.255 e. The molecule has 0 unspecified atom stereocenters. The zero-order valence-electron chi connectivity index (χ0n) is 11.6. The number of hydrogen-bond donors (Lipinski definition) is 3. The van der Waals surface area contributed by atoms with E-state index in [0.717, 1.165) is 24.9 Å². The van der Waals surface area contributed by atoms with Crippen LogP contribution in [0.4, 0.5) is 0 Å². The number of primary amides is 1. The van der Waals surface area contributed by atoms with Crippen molar-refractivity contribution >= 4 is 5.91 Å². The Morgan fingerprint density at radius 2 is 1.95 bits per heavy atom. The number of aliphatic hydroxyl groups excluding tert-OH is 1. The highest BCUT2D eigenvalue weighted by Gasteiger charge is 2.32. The summed E-state index contributed by atoms with van der Waals surface area (Å²) in [5.74, 6) is 0.146. The van der Waals surface area contributed by atoms with Crippen LogP contribution in [0.1, 0.15) is 31.2 Å². The van der Waals surface area contributed by atoms with Crippen LogP contribution in [-0.2, 0) is 11.3 Å². The lowest BCUT2D eigenvalue weighted by Crippen LogP contribution is -2.45. The molecule has 110 valence electrons. The van der Waals surface area contributed by atoms with Gasteiger partial charge in [0.1, 0.15) is 5.75 Å². The number of ether oxygens (including phenoxy) is 1. The highest BCUT2D eigenvalue weighted by Crippen LogP contribution is 2.29. The van der Waals surface area contributed by atoms with E-state index in [9.17, 15) is 9.90 Å². The predicted molar refractivity (Wildman–Crippen MR) is 76.3 cm³/mol. The normalized spacial score (nSPS) is 17.1. The van der Waals surface area contributed by atoms with E-state index < -0.39 is 5.91 Å². The van der Waals surface area contributed by atoms with Gasteiger partial charge in [-0.1, -0.05) is 25.0 Å². The first-order chi connectivity index (χ1) is 9.63. The standard InChI is InChI=1S/C15H22N2O3/c16-14(19)10-20-13-5-3-12(4-6-13)9-17-15(11-18)7-1-2-8-15/h3-6,17-18H,1-2,7-11H2,(H2,16,19). The van der Waals surface area contributed by atoms with Crippen molar-refractivity contribution in [3.05, 3.63) is 29.8 Å². The number of nitrogens with two attached hydrogens (primary N) is 1. The number of aliphatic hydroxyl groups is 1. The van der Waals surface area contributed by atoms with Crippen LogP contribution in [0, 0.1) is 0 Å². The lowest BCUT2D eigenvalue weighted by atomic mass is 9.98. The maximum absolute atomic E-state index is 10.6. The third-order valence-electron chi connectivity index (χ3n) is 3.84. The summed E-state index contributed by atoms with van der Waals surface area (Å²) in [7, 11) is 0. The molecule has 5 nitrogen and oxygen atoms in total. The summed E-state index contributed by atoms with van der Waals surface area (Å²) >= 11 is 0. The Morgan fingerprint density at radius 1 is 1.30 bits per heavy atom. The Morgan fingerprint density at radius 3 is 2.50 bits per heavy atom. The molecular weight excluding hydrogens is 256 g/mol. The largest absolute Gasteiger partial charge is 0.484 e. The van der Waals surface area contributed by atoms with Crippen molar-refractivity contribution < 1.29 is 14.6 Å². The lowest BCUT2D eigenvalue weighted by molar-refractivity contribution is -0.119. The summed E-state index contributed by atoms with van der Waals surface area (Å²) in [6.45, 7) is 0.800. The summed E-state index contributed by atoms with van der Waals surface area (Å²) in [6, 6.07) is 7.53. The molecule has 0 aromatic heterocycles. The number of benzene rings is 1. The average Bonchev–Trinajstić information content (AvgIpc) is 2.93. The van der Waals surface area contributed by atoms with E-state index in [-0.39, 0.29) is 18.8 Å². The van der Waals surface area contributed by atoms with Gasteiger partial charge in [0.25, 0.3) is 5.91 Å². The van der Waals surface area contributed by atoms with Gasteiger partial charge in [0.05, 0.1) is 6.61 Å². The van der Waals surface area contributed by atoms with E-state index in [2.05, 4.69) is 5.32 Å². The molecule has 1 aliphatic rings. The zero-order valence-corrected chi connectivity index (χ0v) is 11.6. The molecule has 0 saturated heterocycles. The summed E-state index contributed by atoms with van der Waals surface area (Å²) in [6.07, 6.45) is 4.41. The molecule has 1 aromatic carbocycles. The number of hydrogen-bond acceptors (Lipinski definition) is 4. The molecular formula is C15H22N2O3. The minimum atomic E-state index is -0.484. The van der Waals surface area contributed by atoms with E-state index in [1.165, 1.54) is 12.8 Å². The molecule has 0 spiro atoms. The first-order valence-electron chi connectivity index (χ1n) is 6.99. The van der Waals surface area contributed by atoms with Crippen molar-refractivity contribution in [2.75, 3.05) is 13.2 Å². The van der Waals surface area contributed by atoms with Crippen molar-refractivity contribution in [3.8, 4) is 5.75 Å². The van der Waals surface area contributed by atoms with Crippen molar-refractivity contribution in [1.29, 1.82) is 0 Å². The van der Waals surface area contributed by atoms with Crippen LogP contribution in [-0.4, -0.2) is 29.8 Å². The Labute approximate surface area is 119 Å². The van der Waals surface area contributed by atoms with Crippen molar-refractivity contribution in [2.24, 2.45) is 5.73 Å². The van der Waals surface area contributed by atoms with Gasteiger partial charge in [0.2, 0.25) is 0 Å². The summed E-state index contributed by atoms with van der Waals surface area (Å²) in [4.78, 5) is 10.6. The monoisotopic (exact) mass is 278 g/mol. The minimum absolute atomic E-state index is 0.106. The van der Waals surface area contributed by atoms with Crippen molar-refractivity contribution in [1.82, 2.24) is 5.32 Å². The molecule has 0 radical (unpaired) electrons. The smallest absolute Gasteiger partial charge is 0.255 e. The SMILES string of the molecule is NC(=O)COc1ccc(CNC2(CO)CCCC2)cc1. The van der Waals surface area contributed by atoms with Crippen LogP contribution in [0.25, 0.3) is 0 Å². The number of nitrogens with one attached hydrogen (secondary N) is 1. The van der Waals surface area contributed by atoms with Gasteiger partial charge >= 0.3 is 0 Å². The number of carbonyl (C=O) groups excluding carboxylic acids is 1. The third kappa shape index (κ3) is 3.95. The topological polar surface area (TPSA) is 84.6 Å². The van der Waals surface area contributed by atoms with E-state index in [1.807, 2.05) is 24.3 Å². The van der Waals surface area contributed by atoms with E-state index in [0.29, 0.717) is 5.75 Å². The molecule has 20 heavy (non-hydrogen) atoms. The third-order valence-corrected chi connectivity index (χ3v) is 3.84. The summed E-state index contributed by atoms with van der Waals surface area (Å²) < 4.78 is 5.21. The minimum Gasteiger partial charge on any atom is -0.484 e. The van der Waals surface area contributed by atoms with Crippen LogP contribution in [0.15, 0.2) is 24.3 Å². The molecule has 1 saturated carbocycles. The van der Waals surface area contributed by atoms with Gasteiger partial charge in [-0.3, -0.25) is 4.79 Å². The second kappa shape index (κ2) is 6.72. The molecule has 1 amide bonds. The van der Waals surface area contributed by atoms with Gasteiger partial charge in [-0.2, -0.15) is 0 Å². The molecule has 4 N–H and O–H groups in total. The molecule has 2 rings (SSSR count). The zero-order chi connectivity index (χ0) is 14.4. The van der Waals surface area contributed by atoms with Gasteiger partial charge in [-0.15, -0.1) is 0 Å². The van der Waals surface area contributed by atoms with Gasteiger partial charge in [-0.25, -0.2) is 0 Å². The van der Waals surface area contributed by atoms with Crippen molar-refractivity contribution in [3.63, 3.8) is 0 Å². The molecule has 1 fully saturated rings. The average molecular weight is 278 g/mol. The number of amides is 1. The highest BCUT2D eigenvalue weighted by atomic mass is 16.5. The predicted octanol–water partition coefficient (Wildman–Crippen LogP) is 0.945. The highest BCUT2D eigenvalue weighted by molar-refractivity contribution is 5.75. The van der Waals surface area contributed by atoms with Gasteiger partial charge in [-0.05, 0) is 30.5 Å². The van der Waals surface area contributed by atoms with Crippen LogP contribution in [0.2, 0.25) is 0 Å². The lowest BCUT2D eigenvalue weighted by Gasteiger charge is -2.28. The van der Waals surface area contributed by atoms with Gasteiger partial charge < -0.3 is 20.9 Å². The molecule has 0 atom stereocenters. The fraction of sp³-hybridized carbons (Fsp3) is 0.533. The van der Waals surface area contributed by atoms with Crippen LogP contribution < -0.4 is 15.8 Å². The molecule has 0 heterocycles. The van der Waals surface area contributed by atoms with Crippen LogP contribution in [0.5, 0.6) is 5.75 Å². The summed E-state index contributed by atoms with van der Waals surface area (Å²) in [5.41, 5.74) is 6.03. The molecule has 0 aliphatic heterocycles. The van der Waals surface area contributed by atoms with Crippen molar-refractivity contribution in [2.45, 2.75) is 37.8 Å². The van der Waals surface area contributed by atoms with Crippen LogP contribution in [0.3, 0.4) is 0 Å². The first-order valence-corrected chi connectivity index (χ1v) is 6.99. The maximum atomic E-state index is 10.6. The van der Waals surface area contributed by atoms with E-state index in [4.69, 9.17) is 10.5 Å². The van der Waals surface area contributed by atoms with Crippen LogP contribution >= 0.6 is 0 Å². The Bertz CT molecular complexity index is 439. The Balaban J connectivity index is 1.85. The van der Waals surface area contributed by atoms with Gasteiger partial charge in [0, 0.05) is 12.1 Å².